The average Bonchev–Trinajstić information content (AvgIpc) is 2.74. The third-order valence-corrected chi connectivity index (χ3v) is 4.53. The molecule has 0 aromatic heterocycles. The lowest BCUT2D eigenvalue weighted by Crippen LogP contribution is -2.26. The molecule has 0 fully saturated rings. The first kappa shape index (κ1) is 32.6. The maximum atomic E-state index is 12.1. The van der Waals surface area contributed by atoms with E-state index in [9.17, 15) is 35.9 Å². The molecule has 0 amide bonds. The molecule has 2 N–H and O–H groups in total. The molecule has 0 heterocycles. The maximum absolute atomic E-state index is 12.1. The molecule has 0 aliphatic rings. The fourth-order valence-electron chi connectivity index (χ4n) is 1.87. The van der Waals surface area contributed by atoms with Crippen molar-refractivity contribution < 1.29 is 35.9 Å². The van der Waals surface area contributed by atoms with Crippen LogP contribution in [0.5, 0.6) is 0 Å². The van der Waals surface area contributed by atoms with Crippen molar-refractivity contribution >= 4 is 11.6 Å². The number of halogens is 6. The Bertz CT molecular complexity index is 932. The normalized spacial score (nSPS) is 14.5. The molecule has 12 heteroatoms. The minimum atomic E-state index is -4.88. The van der Waals surface area contributed by atoms with Gasteiger partial charge in [-0.1, -0.05) is 0 Å². The maximum Gasteiger partial charge on any atom is 0.454 e. The average molecular weight is 492 g/mol. The van der Waals surface area contributed by atoms with Crippen LogP contribution in [-0.4, -0.2) is 23.9 Å². The zero-order chi connectivity index (χ0) is 27.6. The molecule has 0 saturated carbocycles. The molecule has 0 atom stereocenters. The number of nitrogens with one attached hydrogen (secondary N) is 2. The predicted molar refractivity (Wildman–Crippen MR) is 113 cm³/mol. The van der Waals surface area contributed by atoms with Gasteiger partial charge in [-0.2, -0.15) is 36.9 Å². The number of hydrogen-bond acceptors (Lipinski definition) is 6. The molecule has 0 bridgehead atoms. The number of alkyl halides is 6. The third kappa shape index (κ3) is 10.9. The van der Waals surface area contributed by atoms with E-state index in [1.54, 1.807) is 13.8 Å². The van der Waals surface area contributed by atoms with Gasteiger partial charge in [0.2, 0.25) is 0 Å². The van der Waals surface area contributed by atoms with Gasteiger partial charge in [-0.15, -0.1) is 0 Å². The third-order valence-electron chi connectivity index (χ3n) is 4.53. The zero-order valence-electron chi connectivity index (χ0n) is 20.0. The van der Waals surface area contributed by atoms with Crippen LogP contribution < -0.4 is 10.6 Å². The minimum absolute atomic E-state index is 0.0828. The Hall–Kier alpha value is -3.54. The van der Waals surface area contributed by atoms with Crippen molar-refractivity contribution in [3.8, 4) is 12.1 Å². The Labute approximate surface area is 194 Å². The van der Waals surface area contributed by atoms with Gasteiger partial charge in [0.1, 0.15) is 0 Å². The Morgan fingerprint density at radius 2 is 0.794 bits per heavy atom. The van der Waals surface area contributed by atoms with E-state index in [0.29, 0.717) is 22.5 Å². The first-order valence-corrected chi connectivity index (χ1v) is 9.49. The van der Waals surface area contributed by atoms with E-state index in [0.717, 1.165) is 13.8 Å². The van der Waals surface area contributed by atoms with E-state index < -0.39 is 35.1 Å². The molecule has 0 radical (unpaired) electrons. The summed E-state index contributed by atoms with van der Waals surface area (Å²) in [5.41, 5.74) is 0.857. The molecule has 6 nitrogen and oxygen atoms in total. The number of ketones is 2. The largest absolute Gasteiger partial charge is 0.454 e. The van der Waals surface area contributed by atoms with Crippen molar-refractivity contribution in [1.82, 2.24) is 10.6 Å². The SMILES string of the molecule is CC(N/C(C)=C(/C)C#N)=C(C)C(=O)C(F)(F)F.CC(N/C(C)=C(\C)C#N)=C(C)C(=O)C(F)(F)F. The second kappa shape index (κ2) is 13.2. The van der Waals surface area contributed by atoms with Gasteiger partial charge in [-0.05, 0) is 55.4 Å². The molecular formula is C22H26F6N4O2. The lowest BCUT2D eigenvalue weighted by Gasteiger charge is -2.12. The summed E-state index contributed by atoms with van der Waals surface area (Å²) in [6, 6.07) is 3.71. The van der Waals surface area contributed by atoms with Gasteiger partial charge < -0.3 is 10.6 Å². The molecular weight excluding hydrogens is 466 g/mol. The van der Waals surface area contributed by atoms with Gasteiger partial charge in [0.25, 0.3) is 11.6 Å². The van der Waals surface area contributed by atoms with Gasteiger partial charge in [0.05, 0.1) is 12.1 Å². The van der Waals surface area contributed by atoms with Crippen molar-refractivity contribution in [3.05, 3.63) is 45.1 Å². The molecule has 0 saturated heterocycles. The lowest BCUT2D eigenvalue weighted by molar-refractivity contribution is -0.166. The van der Waals surface area contributed by atoms with E-state index in [1.165, 1.54) is 27.7 Å². The smallest absolute Gasteiger partial charge is 0.362 e. The quantitative estimate of drug-likeness (QED) is 0.283. The van der Waals surface area contributed by atoms with Gasteiger partial charge >= 0.3 is 12.4 Å². The highest BCUT2D eigenvalue weighted by Gasteiger charge is 2.40. The molecule has 0 rings (SSSR count). The van der Waals surface area contributed by atoms with Crippen molar-refractivity contribution in [2.75, 3.05) is 0 Å². The van der Waals surface area contributed by atoms with Gasteiger partial charge in [0, 0.05) is 45.1 Å². The minimum Gasteiger partial charge on any atom is -0.362 e. The van der Waals surface area contributed by atoms with Crippen LogP contribution in [-0.2, 0) is 9.59 Å². The molecule has 0 aromatic carbocycles. The van der Waals surface area contributed by atoms with Crippen molar-refractivity contribution in [2.24, 2.45) is 0 Å². The first-order chi connectivity index (χ1) is 15.2. The fourth-order valence-corrected chi connectivity index (χ4v) is 1.87. The monoisotopic (exact) mass is 492 g/mol. The standard InChI is InChI=1S/2C11H13F3N2O/c2*1-6(5-15)8(3)16-9(4)7(2)10(17)11(12,13)14/h2*16H,1-4H3/b8-6+,9-7?;8-6-,9-7?. The van der Waals surface area contributed by atoms with Crippen LogP contribution in [0.3, 0.4) is 0 Å². The second-order valence-corrected chi connectivity index (χ2v) is 7.13. The summed E-state index contributed by atoms with van der Waals surface area (Å²) in [5.74, 6) is -3.77. The highest BCUT2D eigenvalue weighted by Crippen LogP contribution is 2.23. The number of rotatable bonds is 6. The molecule has 34 heavy (non-hydrogen) atoms. The number of carbonyl (C=O) groups excluding carboxylic acids is 2. The molecule has 0 aromatic rings. The second-order valence-electron chi connectivity index (χ2n) is 7.13. The van der Waals surface area contributed by atoms with E-state index in [2.05, 4.69) is 10.6 Å². The molecule has 0 aliphatic carbocycles. The summed E-state index contributed by atoms with van der Waals surface area (Å²) in [4.78, 5) is 21.8. The lowest BCUT2D eigenvalue weighted by atomic mass is 10.1. The van der Waals surface area contributed by atoms with Gasteiger partial charge in [0.15, 0.2) is 0 Å². The Morgan fingerprint density at radius 3 is 0.971 bits per heavy atom. The fraction of sp³-hybridized carbons (Fsp3) is 0.455. The zero-order valence-corrected chi connectivity index (χ0v) is 20.0. The number of nitriles is 2. The number of allylic oxidation sites excluding steroid dienone is 8. The first-order valence-electron chi connectivity index (χ1n) is 9.49. The van der Waals surface area contributed by atoms with Crippen molar-refractivity contribution in [1.29, 1.82) is 10.5 Å². The van der Waals surface area contributed by atoms with E-state index in [1.807, 2.05) is 12.1 Å². The molecule has 0 spiro atoms. The topological polar surface area (TPSA) is 106 Å². The van der Waals surface area contributed by atoms with Crippen LogP contribution in [0.25, 0.3) is 0 Å². The molecule has 188 valence electrons. The van der Waals surface area contributed by atoms with Crippen molar-refractivity contribution in [2.45, 2.75) is 67.7 Å². The van der Waals surface area contributed by atoms with Crippen LogP contribution >= 0.6 is 0 Å². The number of nitrogens with zero attached hydrogens (tertiary/aromatic N) is 2. The predicted octanol–water partition coefficient (Wildman–Crippen LogP) is 5.64. The van der Waals surface area contributed by atoms with Crippen LogP contribution in [0.4, 0.5) is 26.3 Å². The summed E-state index contributed by atoms with van der Waals surface area (Å²) in [6.07, 6.45) is -9.76. The van der Waals surface area contributed by atoms with E-state index in [-0.39, 0.29) is 11.4 Å². The van der Waals surface area contributed by atoms with Gasteiger partial charge in [-0.25, -0.2) is 0 Å². The summed E-state index contributed by atoms with van der Waals surface area (Å²) in [5, 5.41) is 22.4. The molecule has 0 aliphatic heterocycles. The van der Waals surface area contributed by atoms with Crippen LogP contribution in [0, 0.1) is 22.7 Å². The number of hydrogen-bond donors (Lipinski definition) is 2. The summed E-state index contributed by atoms with van der Waals surface area (Å²) in [6.45, 7) is 11.0. The van der Waals surface area contributed by atoms with E-state index >= 15 is 0 Å². The van der Waals surface area contributed by atoms with E-state index in [4.69, 9.17) is 10.5 Å². The number of Topliss-reactive ketones (excluding diaryl/α,β-unsaturated/α-hetero) is 2. The Kier molecular flexibility index (Phi) is 12.7. The highest BCUT2D eigenvalue weighted by atomic mass is 19.4. The van der Waals surface area contributed by atoms with Crippen LogP contribution in [0.2, 0.25) is 0 Å². The van der Waals surface area contributed by atoms with Crippen molar-refractivity contribution in [3.63, 3.8) is 0 Å². The van der Waals surface area contributed by atoms with Gasteiger partial charge in [-0.3, -0.25) is 9.59 Å². The van der Waals surface area contributed by atoms with Crippen LogP contribution in [0.15, 0.2) is 45.1 Å². The highest BCUT2D eigenvalue weighted by molar-refractivity contribution is 6.00. The van der Waals surface area contributed by atoms with Crippen LogP contribution in [0.1, 0.15) is 55.4 Å². The summed E-state index contributed by atoms with van der Waals surface area (Å²) >= 11 is 0. The summed E-state index contributed by atoms with van der Waals surface area (Å²) in [7, 11) is 0. The Balaban J connectivity index is 0. The number of carbonyl (C=O) groups is 2. The Morgan fingerprint density at radius 1 is 0.559 bits per heavy atom. The molecule has 0 unspecified atom stereocenters. The summed E-state index contributed by atoms with van der Waals surface area (Å²) < 4.78 is 72.9.